The van der Waals surface area contributed by atoms with Crippen LogP contribution in [-0.4, -0.2) is 12.5 Å². The molecule has 0 radical (unpaired) electrons. The topological polar surface area (TPSA) is 55.1 Å². The Kier molecular flexibility index (Phi) is 6.44. The number of rotatable bonds is 7. The van der Waals surface area contributed by atoms with E-state index in [1.807, 2.05) is 30.3 Å². The Hall–Kier alpha value is -1.35. The number of carbonyl (C=O) groups is 1. The molecule has 0 aliphatic rings. The van der Waals surface area contributed by atoms with Crippen molar-refractivity contribution in [3.8, 4) is 0 Å². The van der Waals surface area contributed by atoms with Crippen molar-refractivity contribution in [1.29, 1.82) is 0 Å². The summed E-state index contributed by atoms with van der Waals surface area (Å²) in [5, 5.41) is 2.93. The normalized spacial score (nSPS) is 12.4. The molecule has 3 nitrogen and oxygen atoms in total. The van der Waals surface area contributed by atoms with Gasteiger partial charge in [0.2, 0.25) is 5.91 Å². The van der Waals surface area contributed by atoms with Crippen LogP contribution in [0.2, 0.25) is 0 Å². The fraction of sp³-hybridized carbons (Fsp3) is 0.533. The highest BCUT2D eigenvalue weighted by Gasteiger charge is 2.08. The third kappa shape index (κ3) is 5.82. The Bertz CT molecular complexity index is 349. The van der Waals surface area contributed by atoms with Gasteiger partial charge in [-0.25, -0.2) is 0 Å². The van der Waals surface area contributed by atoms with Gasteiger partial charge in [0, 0.05) is 19.0 Å². The number of hydrogen-bond donors (Lipinski definition) is 2. The molecule has 100 valence electrons. The predicted molar refractivity (Wildman–Crippen MR) is 75.1 cm³/mol. The molecule has 1 amide bonds. The zero-order valence-electron chi connectivity index (χ0n) is 11.4. The zero-order valence-corrected chi connectivity index (χ0v) is 11.4. The Labute approximate surface area is 110 Å². The lowest BCUT2D eigenvalue weighted by molar-refractivity contribution is -0.121. The minimum absolute atomic E-state index is 0.0537. The smallest absolute Gasteiger partial charge is 0.220 e. The molecule has 1 rings (SSSR count). The van der Waals surface area contributed by atoms with E-state index in [1.165, 1.54) is 0 Å². The van der Waals surface area contributed by atoms with Crippen LogP contribution in [0.15, 0.2) is 30.3 Å². The highest BCUT2D eigenvalue weighted by Crippen LogP contribution is 2.14. The Balaban J connectivity index is 2.22. The second-order valence-electron chi connectivity index (χ2n) is 5.09. The predicted octanol–water partition coefficient (Wildman–Crippen LogP) is 2.63. The van der Waals surface area contributed by atoms with Crippen LogP contribution < -0.4 is 11.1 Å². The van der Waals surface area contributed by atoms with Crippen LogP contribution in [0.4, 0.5) is 0 Å². The van der Waals surface area contributed by atoms with E-state index in [4.69, 9.17) is 5.73 Å². The molecule has 1 aromatic rings. The maximum Gasteiger partial charge on any atom is 0.220 e. The summed E-state index contributed by atoms with van der Waals surface area (Å²) in [5.41, 5.74) is 7.13. The molecule has 1 atom stereocenters. The molecule has 3 N–H and O–H groups in total. The molecule has 3 heteroatoms. The fourth-order valence-electron chi connectivity index (χ4n) is 1.74. The van der Waals surface area contributed by atoms with E-state index in [-0.39, 0.29) is 11.9 Å². The number of nitrogens with one attached hydrogen (secondary N) is 1. The lowest BCUT2D eigenvalue weighted by Crippen LogP contribution is -2.26. The first-order valence-electron chi connectivity index (χ1n) is 6.67. The minimum atomic E-state index is -0.0537. The molecular weight excluding hydrogens is 224 g/mol. The summed E-state index contributed by atoms with van der Waals surface area (Å²) in [6, 6.07) is 9.86. The fourth-order valence-corrected chi connectivity index (χ4v) is 1.74. The van der Waals surface area contributed by atoms with Gasteiger partial charge in [-0.15, -0.1) is 0 Å². The Morgan fingerprint density at radius 3 is 2.50 bits per heavy atom. The van der Waals surface area contributed by atoms with Crippen molar-refractivity contribution in [2.24, 2.45) is 11.7 Å². The second kappa shape index (κ2) is 7.88. The molecule has 1 unspecified atom stereocenters. The Morgan fingerprint density at radius 2 is 1.89 bits per heavy atom. The monoisotopic (exact) mass is 248 g/mol. The van der Waals surface area contributed by atoms with E-state index in [2.05, 4.69) is 19.2 Å². The summed E-state index contributed by atoms with van der Waals surface area (Å²) in [6.45, 7) is 5.06. The maximum absolute atomic E-state index is 11.6. The highest BCUT2D eigenvalue weighted by molar-refractivity contribution is 5.75. The second-order valence-corrected chi connectivity index (χ2v) is 5.09. The maximum atomic E-state index is 11.6. The average Bonchev–Trinajstić information content (AvgIpc) is 2.36. The van der Waals surface area contributed by atoms with Gasteiger partial charge in [-0.05, 0) is 24.3 Å². The third-order valence-electron chi connectivity index (χ3n) is 2.95. The number of hydrogen-bond acceptors (Lipinski definition) is 2. The first-order chi connectivity index (χ1) is 8.59. The van der Waals surface area contributed by atoms with Crippen molar-refractivity contribution >= 4 is 5.91 Å². The van der Waals surface area contributed by atoms with E-state index >= 15 is 0 Å². The van der Waals surface area contributed by atoms with Crippen LogP contribution >= 0.6 is 0 Å². The van der Waals surface area contributed by atoms with Gasteiger partial charge in [0.15, 0.2) is 0 Å². The summed E-state index contributed by atoms with van der Waals surface area (Å²) >= 11 is 0. The first kappa shape index (κ1) is 14.7. The number of amides is 1. The first-order valence-corrected chi connectivity index (χ1v) is 6.67. The lowest BCUT2D eigenvalue weighted by Gasteiger charge is -2.12. The summed E-state index contributed by atoms with van der Waals surface area (Å²) in [4.78, 5) is 11.6. The van der Waals surface area contributed by atoms with E-state index < -0.39 is 0 Å². The SMILES string of the molecule is CC(C)CCNC(=O)CCC(N)c1ccccc1. The highest BCUT2D eigenvalue weighted by atomic mass is 16.1. The molecule has 0 heterocycles. The van der Waals surface area contributed by atoms with Crippen molar-refractivity contribution in [3.05, 3.63) is 35.9 Å². The summed E-state index contributed by atoms with van der Waals surface area (Å²) in [7, 11) is 0. The molecule has 0 aromatic heterocycles. The molecule has 0 saturated heterocycles. The summed E-state index contributed by atoms with van der Waals surface area (Å²) in [5.74, 6) is 0.721. The van der Waals surface area contributed by atoms with Gasteiger partial charge in [-0.3, -0.25) is 4.79 Å². The van der Waals surface area contributed by atoms with E-state index in [0.717, 1.165) is 18.5 Å². The lowest BCUT2D eigenvalue weighted by atomic mass is 10.0. The number of benzene rings is 1. The van der Waals surface area contributed by atoms with Crippen molar-refractivity contribution in [3.63, 3.8) is 0 Å². The van der Waals surface area contributed by atoms with E-state index in [1.54, 1.807) is 0 Å². The average molecular weight is 248 g/mol. The van der Waals surface area contributed by atoms with Gasteiger partial charge in [0.1, 0.15) is 0 Å². The molecule has 0 spiro atoms. The van der Waals surface area contributed by atoms with Crippen LogP contribution in [-0.2, 0) is 4.79 Å². The van der Waals surface area contributed by atoms with Gasteiger partial charge in [0.05, 0.1) is 0 Å². The molecule has 18 heavy (non-hydrogen) atoms. The van der Waals surface area contributed by atoms with Crippen LogP contribution in [0.1, 0.15) is 44.7 Å². The molecule has 0 bridgehead atoms. The molecule has 0 aliphatic heterocycles. The van der Waals surface area contributed by atoms with Crippen LogP contribution in [0.3, 0.4) is 0 Å². The van der Waals surface area contributed by atoms with Gasteiger partial charge < -0.3 is 11.1 Å². The molecular formula is C15H24N2O. The van der Waals surface area contributed by atoms with Gasteiger partial charge >= 0.3 is 0 Å². The molecule has 1 aromatic carbocycles. The Morgan fingerprint density at radius 1 is 1.22 bits per heavy atom. The minimum Gasteiger partial charge on any atom is -0.356 e. The van der Waals surface area contributed by atoms with Crippen molar-refractivity contribution < 1.29 is 4.79 Å². The van der Waals surface area contributed by atoms with E-state index in [0.29, 0.717) is 18.8 Å². The number of nitrogens with two attached hydrogens (primary N) is 1. The van der Waals surface area contributed by atoms with Crippen molar-refractivity contribution in [1.82, 2.24) is 5.32 Å². The third-order valence-corrected chi connectivity index (χ3v) is 2.95. The number of carbonyl (C=O) groups excluding carboxylic acids is 1. The van der Waals surface area contributed by atoms with Crippen molar-refractivity contribution in [2.75, 3.05) is 6.54 Å². The largest absolute Gasteiger partial charge is 0.356 e. The molecule has 0 aliphatic carbocycles. The molecule has 0 fully saturated rings. The molecule has 0 saturated carbocycles. The standard InChI is InChI=1S/C15H24N2O/c1-12(2)10-11-17-15(18)9-8-14(16)13-6-4-3-5-7-13/h3-7,12,14H,8-11,16H2,1-2H3,(H,17,18). The van der Waals surface area contributed by atoms with Crippen LogP contribution in [0.5, 0.6) is 0 Å². The van der Waals surface area contributed by atoms with Crippen LogP contribution in [0.25, 0.3) is 0 Å². The van der Waals surface area contributed by atoms with Gasteiger partial charge in [-0.2, -0.15) is 0 Å². The quantitative estimate of drug-likeness (QED) is 0.779. The zero-order chi connectivity index (χ0) is 13.4. The van der Waals surface area contributed by atoms with Gasteiger partial charge in [0.25, 0.3) is 0 Å². The van der Waals surface area contributed by atoms with E-state index in [9.17, 15) is 4.79 Å². The van der Waals surface area contributed by atoms with Crippen molar-refractivity contribution in [2.45, 2.75) is 39.2 Å². The summed E-state index contributed by atoms with van der Waals surface area (Å²) in [6.07, 6.45) is 2.21. The summed E-state index contributed by atoms with van der Waals surface area (Å²) < 4.78 is 0. The van der Waals surface area contributed by atoms with Gasteiger partial charge in [-0.1, -0.05) is 44.2 Å². The van der Waals surface area contributed by atoms with Crippen LogP contribution in [0, 0.1) is 5.92 Å².